The number of nitrogens with one attached hydrogen (secondary N) is 1. The van der Waals surface area contributed by atoms with Gasteiger partial charge in [0, 0.05) is 49.2 Å². The van der Waals surface area contributed by atoms with E-state index in [0.717, 1.165) is 13.1 Å². The van der Waals surface area contributed by atoms with Crippen LogP contribution in [-0.4, -0.2) is 40.7 Å². The molecular formula is C18H24N4OS. The number of anilines is 2. The lowest BCUT2D eigenvalue weighted by molar-refractivity contribution is 0.233. The first-order valence-corrected chi connectivity index (χ1v) is 9.51. The number of nitrogens with zero attached hydrogens (tertiary/aromatic N) is 3. The molecule has 5 nitrogen and oxygen atoms in total. The number of aromatic nitrogens is 2. The van der Waals surface area contributed by atoms with E-state index in [9.17, 15) is 0 Å². The van der Waals surface area contributed by atoms with E-state index >= 15 is 0 Å². The molecule has 0 saturated carbocycles. The normalized spacial score (nSPS) is 14.7. The average Bonchev–Trinajstić information content (AvgIpc) is 2.62. The van der Waals surface area contributed by atoms with Gasteiger partial charge < -0.3 is 15.0 Å². The fraction of sp³-hybridized carbons (Fsp3) is 0.444. The largest absolute Gasteiger partial charge is 0.472 e. The van der Waals surface area contributed by atoms with Crippen LogP contribution in [0.4, 0.5) is 11.5 Å². The van der Waals surface area contributed by atoms with Crippen LogP contribution in [0.2, 0.25) is 0 Å². The SMILES string of the molecule is CC(C)Oc1nccnc1NCc1ccc(N2CCSCC2)cc1. The number of hydrogen-bond acceptors (Lipinski definition) is 6. The Kier molecular flexibility index (Phi) is 5.80. The van der Waals surface area contributed by atoms with Gasteiger partial charge in [-0.25, -0.2) is 9.97 Å². The van der Waals surface area contributed by atoms with E-state index in [2.05, 4.69) is 44.5 Å². The van der Waals surface area contributed by atoms with E-state index in [4.69, 9.17) is 4.74 Å². The molecule has 6 heteroatoms. The third-order valence-electron chi connectivity index (χ3n) is 3.78. The molecular weight excluding hydrogens is 320 g/mol. The highest BCUT2D eigenvalue weighted by atomic mass is 32.2. The van der Waals surface area contributed by atoms with Crippen LogP contribution in [0.3, 0.4) is 0 Å². The van der Waals surface area contributed by atoms with E-state index in [1.807, 2.05) is 25.6 Å². The molecule has 1 aromatic carbocycles. The monoisotopic (exact) mass is 344 g/mol. The Bertz CT molecular complexity index is 642. The molecule has 0 radical (unpaired) electrons. The van der Waals surface area contributed by atoms with Crippen LogP contribution in [0.25, 0.3) is 0 Å². The summed E-state index contributed by atoms with van der Waals surface area (Å²) in [6, 6.07) is 8.75. The van der Waals surface area contributed by atoms with E-state index < -0.39 is 0 Å². The van der Waals surface area contributed by atoms with Gasteiger partial charge in [-0.3, -0.25) is 0 Å². The Labute approximate surface area is 147 Å². The minimum Gasteiger partial charge on any atom is -0.472 e. The summed E-state index contributed by atoms with van der Waals surface area (Å²) in [6.45, 7) is 6.94. The first kappa shape index (κ1) is 16.9. The van der Waals surface area contributed by atoms with Crippen molar-refractivity contribution < 1.29 is 4.74 Å². The van der Waals surface area contributed by atoms with Crippen LogP contribution in [-0.2, 0) is 6.54 Å². The fourth-order valence-corrected chi connectivity index (χ4v) is 3.49. The summed E-state index contributed by atoms with van der Waals surface area (Å²) in [6.07, 6.45) is 3.39. The lowest BCUT2D eigenvalue weighted by Crippen LogP contribution is -2.32. The van der Waals surface area contributed by atoms with Crippen molar-refractivity contribution in [1.29, 1.82) is 0 Å². The number of benzene rings is 1. The second-order valence-electron chi connectivity index (χ2n) is 6.00. The molecule has 2 aromatic rings. The molecule has 0 amide bonds. The first-order valence-electron chi connectivity index (χ1n) is 8.35. The zero-order chi connectivity index (χ0) is 16.8. The maximum absolute atomic E-state index is 5.69. The maximum atomic E-state index is 5.69. The second-order valence-corrected chi connectivity index (χ2v) is 7.22. The van der Waals surface area contributed by atoms with Gasteiger partial charge in [0.25, 0.3) is 5.88 Å². The molecule has 1 saturated heterocycles. The average molecular weight is 344 g/mol. The van der Waals surface area contributed by atoms with Gasteiger partial charge >= 0.3 is 0 Å². The lowest BCUT2D eigenvalue weighted by Gasteiger charge is -2.28. The van der Waals surface area contributed by atoms with Gasteiger partial charge in [-0.2, -0.15) is 11.8 Å². The summed E-state index contributed by atoms with van der Waals surface area (Å²) in [5.41, 5.74) is 2.52. The molecule has 0 bridgehead atoms. The molecule has 24 heavy (non-hydrogen) atoms. The molecule has 0 atom stereocenters. The van der Waals surface area contributed by atoms with Crippen molar-refractivity contribution in [3.63, 3.8) is 0 Å². The quantitative estimate of drug-likeness (QED) is 0.866. The van der Waals surface area contributed by atoms with Crippen molar-refractivity contribution in [3.05, 3.63) is 42.2 Å². The summed E-state index contributed by atoms with van der Waals surface area (Å²) < 4.78 is 5.69. The number of ether oxygens (including phenoxy) is 1. The Hall–Kier alpha value is -1.95. The topological polar surface area (TPSA) is 50.3 Å². The number of hydrogen-bond donors (Lipinski definition) is 1. The highest BCUT2D eigenvalue weighted by Crippen LogP contribution is 2.22. The minimum atomic E-state index is 0.0734. The third-order valence-corrected chi connectivity index (χ3v) is 4.73. The molecule has 1 aliphatic rings. The standard InChI is InChI=1S/C18H24N4OS/c1-14(2)23-18-17(19-7-8-20-18)21-13-15-3-5-16(6-4-15)22-9-11-24-12-10-22/h3-8,14H,9-13H2,1-2H3,(H,19,21). The highest BCUT2D eigenvalue weighted by Gasteiger charge is 2.11. The predicted octanol–water partition coefficient (Wildman–Crippen LogP) is 3.43. The zero-order valence-corrected chi connectivity index (χ0v) is 15.1. The van der Waals surface area contributed by atoms with E-state index in [1.54, 1.807) is 12.4 Å². The predicted molar refractivity (Wildman–Crippen MR) is 101 cm³/mol. The van der Waals surface area contributed by atoms with Gasteiger partial charge in [-0.05, 0) is 31.5 Å². The Morgan fingerprint density at radius 1 is 1.12 bits per heavy atom. The molecule has 1 aliphatic heterocycles. The molecule has 3 rings (SSSR count). The van der Waals surface area contributed by atoms with Crippen molar-refractivity contribution in [3.8, 4) is 5.88 Å². The minimum absolute atomic E-state index is 0.0734. The van der Waals surface area contributed by atoms with Crippen LogP contribution < -0.4 is 15.0 Å². The van der Waals surface area contributed by atoms with Crippen molar-refractivity contribution in [1.82, 2.24) is 9.97 Å². The highest BCUT2D eigenvalue weighted by molar-refractivity contribution is 7.99. The summed E-state index contributed by atoms with van der Waals surface area (Å²) in [5.74, 6) is 3.67. The van der Waals surface area contributed by atoms with Crippen LogP contribution in [0.15, 0.2) is 36.7 Å². The smallest absolute Gasteiger partial charge is 0.257 e. The Morgan fingerprint density at radius 3 is 2.54 bits per heavy atom. The Balaban J connectivity index is 1.61. The number of rotatable bonds is 6. The van der Waals surface area contributed by atoms with Crippen molar-refractivity contribution in [2.75, 3.05) is 34.8 Å². The van der Waals surface area contributed by atoms with Crippen molar-refractivity contribution in [2.24, 2.45) is 0 Å². The van der Waals surface area contributed by atoms with Crippen LogP contribution >= 0.6 is 11.8 Å². The van der Waals surface area contributed by atoms with E-state index in [0.29, 0.717) is 18.2 Å². The van der Waals surface area contributed by atoms with E-state index in [-0.39, 0.29) is 6.10 Å². The van der Waals surface area contributed by atoms with Gasteiger partial charge in [0.15, 0.2) is 5.82 Å². The summed E-state index contributed by atoms with van der Waals surface area (Å²) in [7, 11) is 0. The molecule has 0 aliphatic carbocycles. The second kappa shape index (κ2) is 8.24. The maximum Gasteiger partial charge on any atom is 0.257 e. The van der Waals surface area contributed by atoms with Gasteiger partial charge in [-0.15, -0.1) is 0 Å². The molecule has 1 aromatic heterocycles. The van der Waals surface area contributed by atoms with Crippen molar-refractivity contribution in [2.45, 2.75) is 26.5 Å². The fourth-order valence-electron chi connectivity index (χ4n) is 2.59. The van der Waals surface area contributed by atoms with Gasteiger partial charge in [0.05, 0.1) is 6.10 Å². The zero-order valence-electron chi connectivity index (χ0n) is 14.2. The summed E-state index contributed by atoms with van der Waals surface area (Å²) in [4.78, 5) is 11.0. The molecule has 128 valence electrons. The summed E-state index contributed by atoms with van der Waals surface area (Å²) >= 11 is 2.03. The molecule has 2 heterocycles. The molecule has 0 spiro atoms. The number of thioether (sulfide) groups is 1. The van der Waals surface area contributed by atoms with Gasteiger partial charge in [0.2, 0.25) is 0 Å². The van der Waals surface area contributed by atoms with Crippen LogP contribution in [0.5, 0.6) is 5.88 Å². The molecule has 1 N–H and O–H groups in total. The van der Waals surface area contributed by atoms with E-state index in [1.165, 1.54) is 22.8 Å². The molecule has 1 fully saturated rings. The van der Waals surface area contributed by atoms with Crippen LogP contribution in [0.1, 0.15) is 19.4 Å². The first-order chi connectivity index (χ1) is 11.7. The van der Waals surface area contributed by atoms with Gasteiger partial charge in [-0.1, -0.05) is 12.1 Å². The van der Waals surface area contributed by atoms with Crippen LogP contribution in [0, 0.1) is 0 Å². The molecule has 0 unspecified atom stereocenters. The summed E-state index contributed by atoms with van der Waals surface area (Å²) in [5, 5.41) is 3.32. The van der Waals surface area contributed by atoms with Crippen molar-refractivity contribution >= 4 is 23.3 Å². The lowest BCUT2D eigenvalue weighted by atomic mass is 10.2. The Morgan fingerprint density at radius 2 is 1.83 bits per heavy atom. The third kappa shape index (κ3) is 4.54. The van der Waals surface area contributed by atoms with Gasteiger partial charge in [0.1, 0.15) is 0 Å².